The van der Waals surface area contributed by atoms with Gasteiger partial charge in [-0.2, -0.15) is 17.9 Å². The zero-order valence-electron chi connectivity index (χ0n) is 7.74. The van der Waals surface area contributed by atoms with Crippen molar-refractivity contribution in [1.29, 1.82) is 5.26 Å². The predicted octanol–water partition coefficient (Wildman–Crippen LogP) is 0.536. The Morgan fingerprint density at radius 3 is 2.67 bits per heavy atom. The maximum Gasteiger partial charge on any atom is 0.186 e. The Balaban J connectivity index is 0.000000423. The molecule has 0 unspecified atom stereocenters. The first kappa shape index (κ1) is 13.2. The standard InChI is InChI=1S/C8H8N2S.NO3/c9-6-8-2-1-3-10(7-8)4-5-11;2-1(3)4/h1-3,7H,4-5H2;/q;-1/p+1. The Bertz CT molecular complexity index is 360. The van der Waals surface area contributed by atoms with Crippen LogP contribution in [-0.2, 0) is 6.54 Å². The van der Waals surface area contributed by atoms with Gasteiger partial charge in [-0.1, -0.05) is 0 Å². The van der Waals surface area contributed by atoms with Gasteiger partial charge >= 0.3 is 0 Å². The lowest BCUT2D eigenvalue weighted by Gasteiger charge is -1.91. The van der Waals surface area contributed by atoms with Gasteiger partial charge in [-0.05, 0) is 6.07 Å². The summed E-state index contributed by atoms with van der Waals surface area (Å²) in [6, 6.07) is 5.73. The smallest absolute Gasteiger partial charge is 0.186 e. The summed E-state index contributed by atoms with van der Waals surface area (Å²) in [5.41, 5.74) is 0.689. The van der Waals surface area contributed by atoms with Crippen molar-refractivity contribution < 1.29 is 9.65 Å². The van der Waals surface area contributed by atoms with Crippen LogP contribution in [0.15, 0.2) is 24.5 Å². The molecular weight excluding hydrogens is 218 g/mol. The van der Waals surface area contributed by atoms with Crippen molar-refractivity contribution in [2.24, 2.45) is 0 Å². The molecule has 0 aromatic carbocycles. The first-order chi connectivity index (χ1) is 7.10. The number of hydrogen-bond donors (Lipinski definition) is 1. The first-order valence-electron chi connectivity index (χ1n) is 3.91. The van der Waals surface area contributed by atoms with E-state index in [1.165, 1.54) is 0 Å². The highest BCUT2D eigenvalue weighted by molar-refractivity contribution is 7.80. The van der Waals surface area contributed by atoms with Crippen LogP contribution in [0.5, 0.6) is 0 Å². The second kappa shape index (κ2) is 7.58. The van der Waals surface area contributed by atoms with E-state index in [2.05, 4.69) is 18.7 Å². The molecule has 1 rings (SSSR count). The van der Waals surface area contributed by atoms with E-state index in [1.807, 2.05) is 23.0 Å². The van der Waals surface area contributed by atoms with Crippen LogP contribution < -0.4 is 4.57 Å². The number of aromatic nitrogens is 1. The molecule has 0 aliphatic rings. The molecule has 1 aromatic rings. The van der Waals surface area contributed by atoms with Crippen molar-refractivity contribution in [2.45, 2.75) is 6.54 Å². The highest BCUT2D eigenvalue weighted by Gasteiger charge is 1.98. The highest BCUT2D eigenvalue weighted by Crippen LogP contribution is 1.89. The zero-order valence-corrected chi connectivity index (χ0v) is 8.63. The van der Waals surface area contributed by atoms with Crippen molar-refractivity contribution in [1.82, 2.24) is 0 Å². The van der Waals surface area contributed by atoms with E-state index in [0.29, 0.717) is 5.56 Å². The monoisotopic (exact) mass is 227 g/mol. The Kier molecular flexibility index (Phi) is 6.67. The van der Waals surface area contributed by atoms with Gasteiger partial charge in [0.2, 0.25) is 0 Å². The zero-order chi connectivity index (χ0) is 11.7. The van der Waals surface area contributed by atoms with E-state index in [9.17, 15) is 0 Å². The first-order valence-corrected chi connectivity index (χ1v) is 4.55. The van der Waals surface area contributed by atoms with Crippen LogP contribution in [-0.4, -0.2) is 10.8 Å². The molecule has 80 valence electrons. The number of nitrogens with zero attached hydrogens (tertiary/aromatic N) is 3. The van der Waals surface area contributed by atoms with E-state index in [1.54, 1.807) is 6.07 Å². The maximum absolute atomic E-state index is 8.55. The number of rotatable bonds is 2. The topological polar surface area (TPSA) is 93.9 Å². The third-order valence-electron chi connectivity index (χ3n) is 1.35. The SMILES string of the molecule is N#Cc1ccc[n+](CCS)c1.O=[N+]([O-])[O-]. The molecule has 1 heterocycles. The van der Waals surface area contributed by atoms with E-state index >= 15 is 0 Å². The van der Waals surface area contributed by atoms with Crippen LogP contribution in [0, 0.1) is 26.7 Å². The molecule has 0 saturated carbocycles. The molecule has 0 amide bonds. The Hall–Kier alpha value is -1.81. The van der Waals surface area contributed by atoms with Crippen LogP contribution in [0.3, 0.4) is 0 Å². The number of thiol groups is 1. The fourth-order valence-corrected chi connectivity index (χ4v) is 1.07. The average Bonchev–Trinajstić information content (AvgIpc) is 2.18. The van der Waals surface area contributed by atoms with Crippen LogP contribution in [0.2, 0.25) is 0 Å². The number of hydrogen-bond acceptors (Lipinski definition) is 5. The molecule has 6 nitrogen and oxygen atoms in total. The van der Waals surface area contributed by atoms with Gasteiger partial charge in [-0.3, -0.25) is 0 Å². The quantitative estimate of drug-likeness (QED) is 0.345. The fourth-order valence-electron chi connectivity index (χ4n) is 0.843. The molecular formula is C8H9N3O3S. The normalized spacial score (nSPS) is 8.27. The van der Waals surface area contributed by atoms with Crippen LogP contribution in [0.25, 0.3) is 0 Å². The second-order valence-electron chi connectivity index (χ2n) is 2.39. The molecule has 1 aromatic heterocycles. The van der Waals surface area contributed by atoms with E-state index in [4.69, 9.17) is 20.6 Å². The van der Waals surface area contributed by atoms with Gasteiger partial charge < -0.3 is 15.3 Å². The van der Waals surface area contributed by atoms with Gasteiger partial charge in [-0.25, -0.2) is 4.57 Å². The van der Waals surface area contributed by atoms with Crippen LogP contribution >= 0.6 is 12.6 Å². The summed E-state index contributed by atoms with van der Waals surface area (Å²) >= 11 is 4.09. The third-order valence-corrected chi connectivity index (χ3v) is 1.55. The summed E-state index contributed by atoms with van der Waals surface area (Å²) in [4.78, 5) is 8.25. The summed E-state index contributed by atoms with van der Waals surface area (Å²) in [5.74, 6) is 0.791. The van der Waals surface area contributed by atoms with Gasteiger partial charge in [0.05, 0.1) is 5.09 Å². The Morgan fingerprint density at radius 2 is 2.20 bits per heavy atom. The summed E-state index contributed by atoms with van der Waals surface area (Å²) in [6.07, 6.45) is 3.74. The lowest BCUT2D eigenvalue weighted by molar-refractivity contribution is -0.692. The average molecular weight is 227 g/mol. The van der Waals surface area contributed by atoms with Crippen molar-refractivity contribution in [2.75, 3.05) is 5.75 Å². The van der Waals surface area contributed by atoms with Gasteiger partial charge in [0.15, 0.2) is 18.9 Å². The predicted molar refractivity (Wildman–Crippen MR) is 55.6 cm³/mol. The minimum atomic E-state index is -1.75. The highest BCUT2D eigenvalue weighted by atomic mass is 32.1. The third kappa shape index (κ3) is 7.28. The summed E-state index contributed by atoms with van der Waals surface area (Å²) in [6.45, 7) is 0.846. The van der Waals surface area contributed by atoms with Crippen molar-refractivity contribution >= 4 is 12.6 Å². The molecule has 0 fully saturated rings. The van der Waals surface area contributed by atoms with Gasteiger partial charge in [0, 0.05) is 11.8 Å². The van der Waals surface area contributed by atoms with Gasteiger partial charge in [-0.15, -0.1) is 0 Å². The number of nitriles is 1. The largest absolute Gasteiger partial charge is 0.356 e. The lowest BCUT2D eigenvalue weighted by atomic mass is 10.3. The molecule has 0 bridgehead atoms. The minimum absolute atomic E-state index is 0.689. The van der Waals surface area contributed by atoms with Crippen molar-refractivity contribution in [3.8, 4) is 6.07 Å². The molecule has 0 radical (unpaired) electrons. The van der Waals surface area contributed by atoms with Crippen LogP contribution in [0.1, 0.15) is 5.56 Å². The molecule has 0 spiro atoms. The maximum atomic E-state index is 8.55. The lowest BCUT2D eigenvalue weighted by Crippen LogP contribution is -2.33. The van der Waals surface area contributed by atoms with Gasteiger partial charge in [0.1, 0.15) is 11.6 Å². The molecule has 0 N–H and O–H groups in total. The molecule has 0 atom stereocenters. The molecule has 0 aliphatic heterocycles. The molecule has 15 heavy (non-hydrogen) atoms. The molecule has 0 saturated heterocycles. The van der Waals surface area contributed by atoms with Crippen molar-refractivity contribution in [3.63, 3.8) is 0 Å². The van der Waals surface area contributed by atoms with Crippen molar-refractivity contribution in [3.05, 3.63) is 45.4 Å². The molecule has 0 aliphatic carbocycles. The van der Waals surface area contributed by atoms with E-state index in [0.717, 1.165) is 12.3 Å². The summed E-state index contributed by atoms with van der Waals surface area (Å²) in [5, 5.41) is 23.3. The fraction of sp³-hybridized carbons (Fsp3) is 0.250. The summed E-state index contributed by atoms with van der Waals surface area (Å²) < 4.78 is 1.95. The Morgan fingerprint density at radius 1 is 1.60 bits per heavy atom. The van der Waals surface area contributed by atoms with Crippen LogP contribution in [0.4, 0.5) is 0 Å². The second-order valence-corrected chi connectivity index (χ2v) is 2.84. The summed E-state index contributed by atoms with van der Waals surface area (Å²) in [7, 11) is 0. The van der Waals surface area contributed by atoms with E-state index < -0.39 is 5.09 Å². The van der Waals surface area contributed by atoms with E-state index in [-0.39, 0.29) is 0 Å². The molecule has 7 heteroatoms. The number of pyridine rings is 1. The Labute approximate surface area is 91.9 Å². The minimum Gasteiger partial charge on any atom is -0.356 e. The van der Waals surface area contributed by atoms with Gasteiger partial charge in [0.25, 0.3) is 0 Å². The number of aryl methyl sites for hydroxylation is 1.